The lowest BCUT2D eigenvalue weighted by atomic mass is 10.1. The summed E-state index contributed by atoms with van der Waals surface area (Å²) in [4.78, 5) is 10.9. The maximum absolute atomic E-state index is 12.5. The normalized spacial score (nSPS) is 11.3. The van der Waals surface area contributed by atoms with E-state index in [-0.39, 0.29) is 16.5 Å². The number of methoxy groups -OCH3 is 1. The molecule has 0 amide bonds. The van der Waals surface area contributed by atoms with Crippen LogP contribution in [0.1, 0.15) is 11.1 Å². The first-order valence-electron chi connectivity index (χ1n) is 4.27. The number of rotatable bonds is 2. The van der Waals surface area contributed by atoms with Crippen LogP contribution in [0.2, 0.25) is 0 Å². The maximum atomic E-state index is 12.5. The van der Waals surface area contributed by atoms with Gasteiger partial charge in [0.2, 0.25) is 0 Å². The molecule has 0 aliphatic carbocycles. The van der Waals surface area contributed by atoms with Gasteiger partial charge in [0.1, 0.15) is 0 Å². The molecule has 0 unspecified atom stereocenters. The van der Waals surface area contributed by atoms with Gasteiger partial charge in [0.15, 0.2) is 0 Å². The van der Waals surface area contributed by atoms with Gasteiger partial charge < -0.3 is 4.74 Å². The smallest absolute Gasteiger partial charge is 0.417 e. The van der Waals surface area contributed by atoms with Crippen molar-refractivity contribution < 1.29 is 22.7 Å². The third-order valence-corrected chi connectivity index (χ3v) is 2.60. The van der Waals surface area contributed by atoms with Crippen molar-refractivity contribution in [2.75, 3.05) is 7.11 Å². The van der Waals surface area contributed by atoms with Gasteiger partial charge in [-0.05, 0) is 17.7 Å². The van der Waals surface area contributed by atoms with Crippen molar-refractivity contribution in [2.24, 2.45) is 0 Å². The molecule has 0 saturated heterocycles. The van der Waals surface area contributed by atoms with E-state index in [1.165, 1.54) is 19.2 Å². The van der Waals surface area contributed by atoms with Crippen molar-refractivity contribution >= 4 is 21.9 Å². The number of carbonyl (C=O) groups is 1. The number of alkyl halides is 3. The molecule has 88 valence electrons. The molecule has 0 aliphatic heterocycles. The molecule has 0 radical (unpaired) electrons. The van der Waals surface area contributed by atoms with Crippen LogP contribution in [0.15, 0.2) is 22.7 Å². The van der Waals surface area contributed by atoms with Crippen LogP contribution in [0.3, 0.4) is 0 Å². The number of carbonyl (C=O) groups excluding carboxylic acids is 1. The van der Waals surface area contributed by atoms with E-state index in [1.807, 2.05) is 0 Å². The molecule has 1 rings (SSSR count). The van der Waals surface area contributed by atoms with E-state index >= 15 is 0 Å². The Morgan fingerprint density at radius 3 is 2.56 bits per heavy atom. The van der Waals surface area contributed by atoms with Gasteiger partial charge in [-0.2, -0.15) is 13.2 Å². The van der Waals surface area contributed by atoms with Gasteiger partial charge in [-0.1, -0.05) is 22.0 Å². The molecule has 0 bridgehead atoms. The largest absolute Gasteiger partial charge is 0.469 e. The summed E-state index contributed by atoms with van der Waals surface area (Å²) >= 11 is 2.81. The fourth-order valence-electron chi connectivity index (χ4n) is 1.14. The molecular formula is C10H8BrF3O2. The van der Waals surface area contributed by atoms with Crippen LogP contribution in [-0.2, 0) is 22.1 Å². The van der Waals surface area contributed by atoms with Crippen LogP contribution in [-0.4, -0.2) is 13.1 Å². The zero-order valence-corrected chi connectivity index (χ0v) is 9.85. The predicted molar refractivity (Wildman–Crippen MR) is 54.9 cm³/mol. The van der Waals surface area contributed by atoms with Gasteiger partial charge in [0.25, 0.3) is 0 Å². The van der Waals surface area contributed by atoms with E-state index in [0.29, 0.717) is 0 Å². The van der Waals surface area contributed by atoms with E-state index in [0.717, 1.165) is 6.07 Å². The van der Waals surface area contributed by atoms with Gasteiger partial charge in [0.05, 0.1) is 19.1 Å². The Labute approximate surface area is 98.5 Å². The highest BCUT2D eigenvalue weighted by molar-refractivity contribution is 9.10. The average Bonchev–Trinajstić information content (AvgIpc) is 2.19. The molecule has 0 saturated carbocycles. The monoisotopic (exact) mass is 296 g/mol. The second-order valence-corrected chi connectivity index (χ2v) is 3.92. The first kappa shape index (κ1) is 13.0. The molecule has 0 aromatic heterocycles. The Hall–Kier alpha value is -1.04. The van der Waals surface area contributed by atoms with Crippen molar-refractivity contribution in [1.29, 1.82) is 0 Å². The molecule has 1 aromatic rings. The van der Waals surface area contributed by atoms with Gasteiger partial charge in [0, 0.05) is 4.47 Å². The summed E-state index contributed by atoms with van der Waals surface area (Å²) < 4.78 is 41.8. The first-order valence-corrected chi connectivity index (χ1v) is 5.06. The predicted octanol–water partition coefficient (Wildman–Crippen LogP) is 3.18. The highest BCUT2D eigenvalue weighted by Gasteiger charge is 2.33. The Bertz CT molecular complexity index is 402. The van der Waals surface area contributed by atoms with Crippen molar-refractivity contribution in [2.45, 2.75) is 12.6 Å². The Morgan fingerprint density at radius 1 is 1.44 bits per heavy atom. The number of benzene rings is 1. The summed E-state index contributed by atoms with van der Waals surface area (Å²) in [5.74, 6) is -0.574. The number of ether oxygens (including phenoxy) is 1. The summed E-state index contributed by atoms with van der Waals surface area (Å²) in [6, 6.07) is 3.64. The number of hydrogen-bond acceptors (Lipinski definition) is 2. The van der Waals surface area contributed by atoms with Crippen molar-refractivity contribution in [1.82, 2.24) is 0 Å². The summed E-state index contributed by atoms with van der Waals surface area (Å²) in [6.45, 7) is 0. The zero-order chi connectivity index (χ0) is 12.3. The van der Waals surface area contributed by atoms with Crippen LogP contribution < -0.4 is 0 Å². The third kappa shape index (κ3) is 3.23. The summed E-state index contributed by atoms with van der Waals surface area (Å²) in [7, 11) is 1.19. The van der Waals surface area contributed by atoms with E-state index in [9.17, 15) is 18.0 Å². The molecule has 0 aliphatic rings. The number of halogens is 4. The van der Waals surface area contributed by atoms with Gasteiger partial charge in [-0.25, -0.2) is 0 Å². The molecule has 0 heterocycles. The number of hydrogen-bond donors (Lipinski definition) is 0. The molecule has 0 N–H and O–H groups in total. The van der Waals surface area contributed by atoms with Crippen LogP contribution in [0.5, 0.6) is 0 Å². The standard InChI is InChI=1S/C10H8BrF3O2/c1-16-9(15)5-6-2-3-8(11)7(4-6)10(12,13)14/h2-4H,5H2,1H3. The Morgan fingerprint density at radius 2 is 2.06 bits per heavy atom. The molecule has 1 aromatic carbocycles. The van der Waals surface area contributed by atoms with E-state index < -0.39 is 17.7 Å². The minimum absolute atomic E-state index is 0.0476. The molecule has 0 atom stereocenters. The molecule has 16 heavy (non-hydrogen) atoms. The topological polar surface area (TPSA) is 26.3 Å². The fraction of sp³-hybridized carbons (Fsp3) is 0.300. The van der Waals surface area contributed by atoms with E-state index in [4.69, 9.17) is 0 Å². The van der Waals surface area contributed by atoms with Crippen molar-refractivity contribution in [3.05, 3.63) is 33.8 Å². The lowest BCUT2D eigenvalue weighted by Gasteiger charge is -2.10. The quantitative estimate of drug-likeness (QED) is 0.784. The average molecular weight is 297 g/mol. The van der Waals surface area contributed by atoms with Crippen LogP contribution in [0.4, 0.5) is 13.2 Å². The SMILES string of the molecule is COC(=O)Cc1ccc(Br)c(C(F)(F)F)c1. The highest BCUT2D eigenvalue weighted by atomic mass is 79.9. The first-order chi connectivity index (χ1) is 7.34. The van der Waals surface area contributed by atoms with Crippen LogP contribution in [0.25, 0.3) is 0 Å². The van der Waals surface area contributed by atoms with Crippen LogP contribution >= 0.6 is 15.9 Å². The molecule has 0 spiro atoms. The molecule has 0 fully saturated rings. The summed E-state index contributed by atoms with van der Waals surface area (Å²) in [5, 5.41) is 0. The highest BCUT2D eigenvalue weighted by Crippen LogP contribution is 2.35. The molecular weight excluding hydrogens is 289 g/mol. The summed E-state index contributed by atoms with van der Waals surface area (Å²) in [6.07, 6.45) is -4.61. The minimum atomic E-state index is -4.44. The summed E-state index contributed by atoms with van der Waals surface area (Å²) in [5.41, 5.74) is -0.531. The van der Waals surface area contributed by atoms with Gasteiger partial charge in [-0.3, -0.25) is 4.79 Å². The van der Waals surface area contributed by atoms with Crippen molar-refractivity contribution in [3.63, 3.8) is 0 Å². The second-order valence-electron chi connectivity index (χ2n) is 3.06. The van der Waals surface area contributed by atoms with Gasteiger partial charge in [-0.15, -0.1) is 0 Å². The van der Waals surface area contributed by atoms with E-state index in [2.05, 4.69) is 20.7 Å². The number of esters is 1. The third-order valence-electron chi connectivity index (χ3n) is 1.91. The van der Waals surface area contributed by atoms with Crippen LogP contribution in [0, 0.1) is 0 Å². The fourth-order valence-corrected chi connectivity index (χ4v) is 1.61. The van der Waals surface area contributed by atoms with Crippen molar-refractivity contribution in [3.8, 4) is 0 Å². The Kier molecular flexibility index (Phi) is 3.96. The zero-order valence-electron chi connectivity index (χ0n) is 8.27. The molecule has 6 heteroatoms. The van der Waals surface area contributed by atoms with Gasteiger partial charge >= 0.3 is 12.1 Å². The lowest BCUT2D eigenvalue weighted by molar-refractivity contribution is -0.140. The minimum Gasteiger partial charge on any atom is -0.469 e. The lowest BCUT2D eigenvalue weighted by Crippen LogP contribution is -2.09. The van der Waals surface area contributed by atoms with E-state index in [1.54, 1.807) is 0 Å². The second kappa shape index (κ2) is 4.86. The molecule has 2 nitrogen and oxygen atoms in total. The maximum Gasteiger partial charge on any atom is 0.417 e. The Balaban J connectivity index is 3.03.